The quantitative estimate of drug-likeness (QED) is 0.533. The van der Waals surface area contributed by atoms with E-state index < -0.39 is 10.0 Å². The maximum Gasteiger partial charge on any atom is 0.273 e. The summed E-state index contributed by atoms with van der Waals surface area (Å²) in [6.45, 7) is 2.28. The lowest BCUT2D eigenvalue weighted by molar-refractivity contribution is -0.130. The molecule has 1 fully saturated rings. The standard InChI is InChI=1S/C22H24N4O3S4/c1-25(33(28,29)20-6-3-9-31-20)18-5-2-4-15-12-17(24-21(15)18)22-23-14-16(32-22)13-19(27)26-7-10-30-11-8-26/h2-6,9,12,16,24H,7-8,10-11,13-14H2,1H3. The fourth-order valence-electron chi connectivity index (χ4n) is 4.00. The lowest BCUT2D eigenvalue weighted by Crippen LogP contribution is -2.39. The molecule has 3 aromatic rings. The van der Waals surface area contributed by atoms with E-state index in [1.807, 2.05) is 34.9 Å². The molecule has 0 aliphatic carbocycles. The van der Waals surface area contributed by atoms with Crippen LogP contribution in [-0.2, 0) is 14.8 Å². The predicted octanol–water partition coefficient (Wildman–Crippen LogP) is 3.88. The first-order valence-electron chi connectivity index (χ1n) is 10.6. The molecule has 1 aromatic carbocycles. The smallest absolute Gasteiger partial charge is 0.273 e. The van der Waals surface area contributed by atoms with Crippen LogP contribution in [0.3, 0.4) is 0 Å². The molecule has 0 radical (unpaired) electrons. The first-order valence-corrected chi connectivity index (χ1v) is 15.0. The number of amides is 1. The topological polar surface area (TPSA) is 85.8 Å². The van der Waals surface area contributed by atoms with Crippen molar-refractivity contribution in [1.29, 1.82) is 0 Å². The van der Waals surface area contributed by atoms with Crippen LogP contribution in [0.1, 0.15) is 12.1 Å². The zero-order chi connectivity index (χ0) is 23.0. The number of aromatic nitrogens is 1. The number of hydrogen-bond donors (Lipinski definition) is 1. The third-order valence-electron chi connectivity index (χ3n) is 5.80. The molecular formula is C22H24N4O3S4. The van der Waals surface area contributed by atoms with Gasteiger partial charge in [0.2, 0.25) is 5.91 Å². The number of benzene rings is 1. The molecule has 11 heteroatoms. The highest BCUT2D eigenvalue weighted by Gasteiger charge is 2.28. The molecule has 7 nitrogen and oxygen atoms in total. The number of rotatable bonds is 6. The largest absolute Gasteiger partial charge is 0.351 e. The van der Waals surface area contributed by atoms with E-state index in [-0.39, 0.29) is 11.2 Å². The predicted molar refractivity (Wildman–Crippen MR) is 140 cm³/mol. The van der Waals surface area contributed by atoms with Crippen molar-refractivity contribution < 1.29 is 13.2 Å². The molecule has 1 N–H and O–H groups in total. The summed E-state index contributed by atoms with van der Waals surface area (Å²) in [5.41, 5.74) is 2.20. The van der Waals surface area contributed by atoms with Gasteiger partial charge in [0.1, 0.15) is 9.25 Å². The maximum absolute atomic E-state index is 13.0. The van der Waals surface area contributed by atoms with Crippen molar-refractivity contribution in [2.75, 3.05) is 42.5 Å². The molecule has 1 saturated heterocycles. The van der Waals surface area contributed by atoms with Crippen molar-refractivity contribution in [1.82, 2.24) is 9.88 Å². The second-order valence-electron chi connectivity index (χ2n) is 7.91. The van der Waals surface area contributed by atoms with Crippen LogP contribution in [0.25, 0.3) is 10.9 Å². The van der Waals surface area contributed by atoms with Crippen molar-refractivity contribution in [2.45, 2.75) is 15.9 Å². The molecule has 4 heterocycles. The number of anilines is 1. The number of fused-ring (bicyclic) bond motifs is 1. The van der Waals surface area contributed by atoms with Gasteiger partial charge in [-0.25, -0.2) is 8.42 Å². The Bertz CT molecular complexity index is 1290. The highest BCUT2D eigenvalue weighted by Crippen LogP contribution is 2.34. The first kappa shape index (κ1) is 22.8. The van der Waals surface area contributed by atoms with E-state index in [4.69, 9.17) is 0 Å². The number of H-pyrrole nitrogens is 1. The van der Waals surface area contributed by atoms with Crippen molar-refractivity contribution >= 4 is 72.4 Å². The van der Waals surface area contributed by atoms with Crippen LogP contribution in [0.4, 0.5) is 5.69 Å². The Kier molecular flexibility index (Phi) is 6.47. The van der Waals surface area contributed by atoms with Crippen molar-refractivity contribution in [2.24, 2.45) is 4.99 Å². The van der Waals surface area contributed by atoms with E-state index in [0.717, 1.165) is 46.2 Å². The molecule has 0 spiro atoms. The minimum absolute atomic E-state index is 0.134. The zero-order valence-corrected chi connectivity index (χ0v) is 21.3. The Balaban J connectivity index is 1.34. The highest BCUT2D eigenvalue weighted by molar-refractivity contribution is 8.15. The summed E-state index contributed by atoms with van der Waals surface area (Å²) < 4.78 is 27.7. The number of para-hydroxylation sites is 1. The van der Waals surface area contributed by atoms with E-state index in [1.165, 1.54) is 15.6 Å². The fourth-order valence-corrected chi connectivity index (χ4v) is 8.35. The number of nitrogens with zero attached hydrogens (tertiary/aromatic N) is 3. The van der Waals surface area contributed by atoms with Gasteiger partial charge < -0.3 is 9.88 Å². The molecule has 1 unspecified atom stereocenters. The van der Waals surface area contributed by atoms with Gasteiger partial charge >= 0.3 is 0 Å². The van der Waals surface area contributed by atoms with E-state index in [2.05, 4.69) is 9.98 Å². The maximum atomic E-state index is 13.0. The summed E-state index contributed by atoms with van der Waals surface area (Å²) in [5.74, 6) is 2.24. The number of thioether (sulfide) groups is 2. The highest BCUT2D eigenvalue weighted by atomic mass is 32.2. The molecule has 1 amide bonds. The number of nitrogens with one attached hydrogen (secondary N) is 1. The molecule has 0 saturated carbocycles. The van der Waals surface area contributed by atoms with Crippen LogP contribution in [-0.4, -0.2) is 72.7 Å². The number of aliphatic imine (C=N–C) groups is 1. The number of hydrogen-bond acceptors (Lipinski definition) is 7. The number of aromatic amines is 1. The van der Waals surface area contributed by atoms with Gasteiger partial charge in [0.15, 0.2) is 0 Å². The summed E-state index contributed by atoms with van der Waals surface area (Å²) in [5, 5.41) is 3.68. The Hall–Kier alpha value is -1.95. The van der Waals surface area contributed by atoms with E-state index in [9.17, 15) is 13.2 Å². The van der Waals surface area contributed by atoms with Gasteiger partial charge in [-0.15, -0.1) is 11.3 Å². The summed E-state index contributed by atoms with van der Waals surface area (Å²) in [7, 11) is -2.05. The zero-order valence-electron chi connectivity index (χ0n) is 18.1. The van der Waals surface area contributed by atoms with Crippen LogP contribution in [0.2, 0.25) is 0 Å². The van der Waals surface area contributed by atoms with Gasteiger partial charge in [0.25, 0.3) is 10.0 Å². The SMILES string of the molecule is CN(c1cccc2cc(C3=NCC(CC(=O)N4CCSCC4)S3)[nH]c12)S(=O)(=O)c1cccs1. The Morgan fingerprint density at radius 2 is 2.06 bits per heavy atom. The molecule has 2 aromatic heterocycles. The summed E-state index contributed by atoms with van der Waals surface area (Å²) in [6, 6.07) is 11.0. The lowest BCUT2D eigenvalue weighted by Gasteiger charge is -2.27. The van der Waals surface area contributed by atoms with E-state index in [1.54, 1.807) is 42.4 Å². The molecule has 2 aliphatic heterocycles. The molecule has 1 atom stereocenters. The minimum Gasteiger partial charge on any atom is -0.351 e. The van der Waals surface area contributed by atoms with Gasteiger partial charge in [-0.3, -0.25) is 14.1 Å². The Labute approximate surface area is 205 Å². The Morgan fingerprint density at radius 1 is 1.24 bits per heavy atom. The lowest BCUT2D eigenvalue weighted by atomic mass is 10.2. The van der Waals surface area contributed by atoms with E-state index >= 15 is 0 Å². The number of carbonyl (C=O) groups is 1. The molecule has 2 aliphatic rings. The van der Waals surface area contributed by atoms with Crippen LogP contribution in [0, 0.1) is 0 Å². The summed E-state index contributed by atoms with van der Waals surface area (Å²) in [6.07, 6.45) is 0.496. The Morgan fingerprint density at radius 3 is 2.82 bits per heavy atom. The van der Waals surface area contributed by atoms with Gasteiger partial charge in [0, 0.05) is 48.7 Å². The van der Waals surface area contributed by atoms with Gasteiger partial charge in [-0.1, -0.05) is 30.0 Å². The van der Waals surface area contributed by atoms with Crippen LogP contribution in [0.5, 0.6) is 0 Å². The van der Waals surface area contributed by atoms with E-state index in [0.29, 0.717) is 22.9 Å². The molecule has 0 bridgehead atoms. The summed E-state index contributed by atoms with van der Waals surface area (Å²) >= 11 is 4.73. The van der Waals surface area contributed by atoms with Gasteiger partial charge in [-0.05, 0) is 23.6 Å². The average molecular weight is 521 g/mol. The van der Waals surface area contributed by atoms with Gasteiger partial charge in [-0.2, -0.15) is 11.8 Å². The van der Waals surface area contributed by atoms with Crippen molar-refractivity contribution in [3.8, 4) is 0 Å². The first-order chi connectivity index (χ1) is 15.9. The monoisotopic (exact) mass is 520 g/mol. The number of carbonyl (C=O) groups excluding carboxylic acids is 1. The number of sulfonamides is 1. The van der Waals surface area contributed by atoms with Crippen LogP contribution < -0.4 is 4.31 Å². The van der Waals surface area contributed by atoms with Crippen molar-refractivity contribution in [3.05, 3.63) is 47.5 Å². The third-order valence-corrected chi connectivity index (χ3v) is 11.1. The van der Waals surface area contributed by atoms with Gasteiger partial charge in [0.05, 0.1) is 23.4 Å². The van der Waals surface area contributed by atoms with Crippen LogP contribution >= 0.6 is 34.9 Å². The second kappa shape index (κ2) is 9.36. The van der Waals surface area contributed by atoms with Crippen LogP contribution in [0.15, 0.2) is 51.0 Å². The average Bonchev–Trinajstić information content (AvgIpc) is 3.59. The molecule has 33 heavy (non-hydrogen) atoms. The summed E-state index contributed by atoms with van der Waals surface area (Å²) in [4.78, 5) is 22.7. The van der Waals surface area contributed by atoms with Crippen molar-refractivity contribution in [3.63, 3.8) is 0 Å². The molecule has 5 rings (SSSR count). The third kappa shape index (κ3) is 4.55. The number of thiophene rings is 1. The minimum atomic E-state index is -3.63. The molecule has 174 valence electrons. The second-order valence-corrected chi connectivity index (χ2v) is 13.6. The molecular weight excluding hydrogens is 497 g/mol. The fraction of sp³-hybridized carbons (Fsp3) is 0.364. The normalized spacial score (nSPS) is 19.1.